The average molecular weight is 356 g/mol. The lowest BCUT2D eigenvalue weighted by Gasteiger charge is -2.08. The average Bonchev–Trinajstić information content (AvgIpc) is 2.63. The quantitative estimate of drug-likeness (QED) is 0.249. The Kier molecular flexibility index (Phi) is 6.84. The molecule has 0 unspecified atom stereocenters. The molecule has 0 saturated heterocycles. The molecule has 0 aliphatic heterocycles. The number of esters is 1. The van der Waals surface area contributed by atoms with E-state index in [0.717, 1.165) is 19.3 Å². The molecule has 0 radical (unpaired) electrons. The number of hydrogen-bond acceptors (Lipinski definition) is 5. The van der Waals surface area contributed by atoms with Gasteiger partial charge in [-0.3, -0.25) is 19.7 Å². The second-order valence-electron chi connectivity index (χ2n) is 5.68. The highest BCUT2D eigenvalue weighted by atomic mass is 16.6. The van der Waals surface area contributed by atoms with E-state index in [4.69, 9.17) is 4.74 Å². The van der Waals surface area contributed by atoms with Crippen LogP contribution < -0.4 is 10.1 Å². The minimum absolute atomic E-state index is 0.0241. The van der Waals surface area contributed by atoms with Crippen molar-refractivity contribution >= 4 is 23.3 Å². The number of ether oxygens (including phenoxy) is 1. The molecule has 0 aliphatic carbocycles. The van der Waals surface area contributed by atoms with Crippen molar-refractivity contribution in [3.05, 3.63) is 64.2 Å². The Balaban J connectivity index is 1.98. The first-order valence-electron chi connectivity index (χ1n) is 8.36. The van der Waals surface area contributed by atoms with Crippen LogP contribution in [0.2, 0.25) is 0 Å². The molecule has 7 heteroatoms. The molecule has 0 bridgehead atoms. The summed E-state index contributed by atoms with van der Waals surface area (Å²) in [4.78, 5) is 34.3. The van der Waals surface area contributed by atoms with E-state index < -0.39 is 10.8 Å². The Labute approximate surface area is 151 Å². The van der Waals surface area contributed by atoms with E-state index >= 15 is 0 Å². The van der Waals surface area contributed by atoms with Crippen molar-refractivity contribution in [1.82, 2.24) is 0 Å². The Morgan fingerprint density at radius 2 is 1.77 bits per heavy atom. The number of para-hydroxylation sites is 1. The van der Waals surface area contributed by atoms with Gasteiger partial charge in [-0.2, -0.15) is 0 Å². The highest BCUT2D eigenvalue weighted by Crippen LogP contribution is 2.21. The number of nitro groups is 1. The number of benzene rings is 2. The van der Waals surface area contributed by atoms with Gasteiger partial charge in [0.2, 0.25) is 0 Å². The van der Waals surface area contributed by atoms with Gasteiger partial charge in [-0.1, -0.05) is 31.9 Å². The monoisotopic (exact) mass is 356 g/mol. The van der Waals surface area contributed by atoms with Crippen LogP contribution in [-0.2, 0) is 4.79 Å². The third-order valence-electron chi connectivity index (χ3n) is 3.67. The first-order valence-corrected chi connectivity index (χ1v) is 8.36. The second kappa shape index (κ2) is 9.31. The Hall–Kier alpha value is -3.22. The SMILES string of the molecule is CCCCCC(=O)Oc1ccc(NC(=O)c2ccccc2[N+](=O)[O-])cc1. The zero-order valence-corrected chi connectivity index (χ0v) is 14.4. The highest BCUT2D eigenvalue weighted by Gasteiger charge is 2.19. The summed E-state index contributed by atoms with van der Waals surface area (Å²) in [5.74, 6) is -0.494. The summed E-state index contributed by atoms with van der Waals surface area (Å²) in [7, 11) is 0. The van der Waals surface area contributed by atoms with Crippen LogP contribution in [0.4, 0.5) is 11.4 Å². The fourth-order valence-electron chi connectivity index (χ4n) is 2.33. The Bertz CT molecular complexity index is 787. The van der Waals surface area contributed by atoms with Gasteiger partial charge in [-0.25, -0.2) is 0 Å². The van der Waals surface area contributed by atoms with Gasteiger partial charge in [-0.05, 0) is 36.8 Å². The number of amides is 1. The number of rotatable bonds is 8. The minimum Gasteiger partial charge on any atom is -0.427 e. The van der Waals surface area contributed by atoms with Gasteiger partial charge < -0.3 is 10.1 Å². The number of hydrogen-bond donors (Lipinski definition) is 1. The maximum Gasteiger partial charge on any atom is 0.311 e. The van der Waals surface area contributed by atoms with Gasteiger partial charge in [0.15, 0.2) is 0 Å². The molecule has 1 N–H and O–H groups in total. The van der Waals surface area contributed by atoms with Crippen LogP contribution in [0.25, 0.3) is 0 Å². The molecule has 2 aromatic rings. The van der Waals surface area contributed by atoms with Crippen LogP contribution in [0.3, 0.4) is 0 Å². The number of unbranched alkanes of at least 4 members (excludes halogenated alkanes) is 2. The van der Waals surface area contributed by atoms with Gasteiger partial charge in [0.25, 0.3) is 11.6 Å². The Morgan fingerprint density at radius 1 is 1.08 bits per heavy atom. The van der Waals surface area contributed by atoms with Crippen LogP contribution in [0.1, 0.15) is 43.0 Å². The molecular formula is C19H20N2O5. The summed E-state index contributed by atoms with van der Waals surface area (Å²) in [6.45, 7) is 2.06. The summed E-state index contributed by atoms with van der Waals surface area (Å²) in [5.41, 5.74) is 0.158. The first kappa shape index (κ1) is 19.1. The van der Waals surface area contributed by atoms with Crippen LogP contribution >= 0.6 is 0 Å². The fourth-order valence-corrected chi connectivity index (χ4v) is 2.33. The van der Waals surface area contributed by atoms with Crippen molar-refractivity contribution in [2.24, 2.45) is 0 Å². The van der Waals surface area contributed by atoms with E-state index in [1.165, 1.54) is 18.2 Å². The van der Waals surface area contributed by atoms with E-state index in [9.17, 15) is 19.7 Å². The maximum absolute atomic E-state index is 12.2. The Morgan fingerprint density at radius 3 is 2.42 bits per heavy atom. The summed E-state index contributed by atoms with van der Waals surface area (Å²) < 4.78 is 5.22. The van der Waals surface area contributed by atoms with E-state index in [0.29, 0.717) is 17.9 Å². The van der Waals surface area contributed by atoms with Gasteiger partial charge in [0.05, 0.1) is 4.92 Å². The van der Waals surface area contributed by atoms with E-state index in [1.807, 2.05) is 0 Å². The van der Waals surface area contributed by atoms with Crippen LogP contribution in [0, 0.1) is 10.1 Å². The van der Waals surface area contributed by atoms with E-state index in [1.54, 1.807) is 30.3 Å². The summed E-state index contributed by atoms with van der Waals surface area (Å²) in [6.07, 6.45) is 3.16. The predicted octanol–water partition coefficient (Wildman–Crippen LogP) is 4.33. The molecule has 0 spiro atoms. The smallest absolute Gasteiger partial charge is 0.311 e. The number of nitro benzene ring substituents is 1. The third-order valence-corrected chi connectivity index (χ3v) is 3.67. The highest BCUT2D eigenvalue weighted by molar-refractivity contribution is 6.07. The number of carbonyl (C=O) groups is 2. The van der Waals surface area contributed by atoms with Gasteiger partial charge >= 0.3 is 5.97 Å². The van der Waals surface area contributed by atoms with E-state index in [2.05, 4.69) is 12.2 Å². The standard InChI is InChI=1S/C19H20N2O5/c1-2-3-4-9-18(22)26-15-12-10-14(11-13-15)20-19(23)16-7-5-6-8-17(16)21(24)25/h5-8,10-13H,2-4,9H2,1H3,(H,20,23). The molecule has 7 nitrogen and oxygen atoms in total. The van der Waals surface area contributed by atoms with Crippen molar-refractivity contribution in [3.8, 4) is 5.75 Å². The normalized spacial score (nSPS) is 10.2. The minimum atomic E-state index is -0.601. The molecule has 136 valence electrons. The van der Waals surface area contributed by atoms with Crippen LogP contribution in [0.15, 0.2) is 48.5 Å². The van der Waals surface area contributed by atoms with Gasteiger partial charge in [-0.15, -0.1) is 0 Å². The number of nitrogens with one attached hydrogen (secondary N) is 1. The van der Waals surface area contributed by atoms with Gasteiger partial charge in [0.1, 0.15) is 11.3 Å². The lowest BCUT2D eigenvalue weighted by Crippen LogP contribution is -2.14. The van der Waals surface area contributed by atoms with Crippen molar-refractivity contribution in [1.29, 1.82) is 0 Å². The zero-order valence-electron chi connectivity index (χ0n) is 14.4. The van der Waals surface area contributed by atoms with Crippen molar-refractivity contribution in [2.45, 2.75) is 32.6 Å². The molecule has 0 fully saturated rings. The molecule has 26 heavy (non-hydrogen) atoms. The first-order chi connectivity index (χ1) is 12.5. The molecule has 2 rings (SSSR count). The molecular weight excluding hydrogens is 336 g/mol. The summed E-state index contributed by atoms with van der Waals surface area (Å²) >= 11 is 0. The molecule has 0 aliphatic rings. The maximum atomic E-state index is 12.2. The topological polar surface area (TPSA) is 98.5 Å². The van der Waals surface area contributed by atoms with Gasteiger partial charge in [0, 0.05) is 18.2 Å². The predicted molar refractivity (Wildman–Crippen MR) is 97.3 cm³/mol. The lowest BCUT2D eigenvalue weighted by atomic mass is 10.1. The second-order valence-corrected chi connectivity index (χ2v) is 5.68. The van der Waals surface area contributed by atoms with Crippen molar-refractivity contribution < 1.29 is 19.2 Å². The summed E-state index contributed by atoms with van der Waals surface area (Å²) in [6, 6.07) is 12.0. The lowest BCUT2D eigenvalue weighted by molar-refractivity contribution is -0.385. The largest absolute Gasteiger partial charge is 0.427 e. The molecule has 0 atom stereocenters. The van der Waals surface area contributed by atoms with Crippen molar-refractivity contribution in [2.75, 3.05) is 5.32 Å². The summed E-state index contributed by atoms with van der Waals surface area (Å²) in [5, 5.41) is 13.6. The molecule has 1 amide bonds. The zero-order chi connectivity index (χ0) is 18.9. The number of anilines is 1. The number of carbonyl (C=O) groups excluding carboxylic acids is 2. The van der Waals surface area contributed by atoms with E-state index in [-0.39, 0.29) is 17.2 Å². The molecule has 0 aromatic heterocycles. The third kappa shape index (κ3) is 5.41. The number of nitrogens with zero attached hydrogens (tertiary/aromatic N) is 1. The fraction of sp³-hybridized carbons (Fsp3) is 0.263. The molecule has 2 aromatic carbocycles. The molecule has 0 heterocycles. The van der Waals surface area contributed by atoms with Crippen LogP contribution in [0.5, 0.6) is 5.75 Å². The van der Waals surface area contributed by atoms with Crippen molar-refractivity contribution in [3.63, 3.8) is 0 Å². The van der Waals surface area contributed by atoms with Crippen LogP contribution in [-0.4, -0.2) is 16.8 Å². The molecule has 0 saturated carbocycles.